The van der Waals surface area contributed by atoms with E-state index in [1.807, 2.05) is 6.92 Å². The summed E-state index contributed by atoms with van der Waals surface area (Å²) in [5.41, 5.74) is 2.57. The molecule has 0 radical (unpaired) electrons. The molecule has 13 heavy (non-hydrogen) atoms. The van der Waals surface area contributed by atoms with Crippen molar-refractivity contribution in [3.8, 4) is 0 Å². The second kappa shape index (κ2) is 12.6. The summed E-state index contributed by atoms with van der Waals surface area (Å²) in [5.74, 6) is 0. The van der Waals surface area contributed by atoms with Crippen molar-refractivity contribution >= 4 is 19.4 Å². The number of rotatable bonds is 3. The maximum absolute atomic E-state index is 4.85. The molecule has 0 N–H and O–H groups in total. The van der Waals surface area contributed by atoms with Crippen LogP contribution in [0, 0.1) is 6.92 Å². The molecule has 0 saturated heterocycles. The van der Waals surface area contributed by atoms with Crippen LogP contribution < -0.4 is 0 Å². The first-order valence-corrected chi connectivity index (χ1v) is 8.49. The zero-order valence-corrected chi connectivity index (χ0v) is 11.6. The van der Waals surface area contributed by atoms with Gasteiger partial charge in [0, 0.05) is 0 Å². The molecular formula is C10H17Cl2Ru-. The molecule has 0 heterocycles. The van der Waals surface area contributed by atoms with Crippen molar-refractivity contribution in [2.75, 3.05) is 0 Å². The van der Waals surface area contributed by atoms with Gasteiger partial charge in [-0.3, -0.25) is 0 Å². The van der Waals surface area contributed by atoms with E-state index in [4.69, 9.17) is 19.4 Å². The van der Waals surface area contributed by atoms with E-state index in [1.165, 1.54) is 11.1 Å². The second-order valence-electron chi connectivity index (χ2n) is 2.96. The fourth-order valence-electron chi connectivity index (χ4n) is 0.702. The SMILES string of the molecule is [CH2-]C(C)=CCCC=C(C)C.[Cl][Ru][Cl]. The molecule has 0 atom stereocenters. The predicted octanol–water partition coefficient (Wildman–Crippen LogP) is 4.89. The Kier molecular flexibility index (Phi) is 15.5. The van der Waals surface area contributed by atoms with Crippen LogP contribution in [0.4, 0.5) is 0 Å². The zero-order chi connectivity index (χ0) is 10.7. The third kappa shape index (κ3) is 24.5. The number of allylic oxidation sites excluding steroid dienone is 4. The number of hydrogen-bond acceptors (Lipinski definition) is 0. The summed E-state index contributed by atoms with van der Waals surface area (Å²) >= 11 is -0.346. The zero-order valence-electron chi connectivity index (χ0n) is 8.39. The van der Waals surface area contributed by atoms with Gasteiger partial charge in [-0.1, -0.05) is 25.0 Å². The van der Waals surface area contributed by atoms with Gasteiger partial charge in [-0.2, -0.15) is 0 Å². The molecule has 0 aromatic rings. The van der Waals surface area contributed by atoms with E-state index in [0.717, 1.165) is 12.8 Å². The summed E-state index contributed by atoms with van der Waals surface area (Å²) < 4.78 is 0. The van der Waals surface area contributed by atoms with E-state index in [-0.39, 0.29) is 15.1 Å². The van der Waals surface area contributed by atoms with Crippen molar-refractivity contribution in [2.24, 2.45) is 0 Å². The molecule has 0 aliphatic heterocycles. The third-order valence-electron chi connectivity index (χ3n) is 1.21. The van der Waals surface area contributed by atoms with E-state index < -0.39 is 0 Å². The Morgan fingerprint density at radius 2 is 1.54 bits per heavy atom. The third-order valence-corrected chi connectivity index (χ3v) is 1.21. The molecule has 0 aromatic carbocycles. The van der Waals surface area contributed by atoms with Crippen molar-refractivity contribution in [1.29, 1.82) is 0 Å². The van der Waals surface area contributed by atoms with Crippen molar-refractivity contribution in [1.82, 2.24) is 0 Å². The van der Waals surface area contributed by atoms with Gasteiger partial charge in [-0.25, -0.2) is 18.6 Å². The molecule has 0 aliphatic carbocycles. The van der Waals surface area contributed by atoms with Gasteiger partial charge in [-0.15, -0.1) is 0 Å². The Bertz CT molecular complexity index is 136. The Labute approximate surface area is 98.1 Å². The van der Waals surface area contributed by atoms with Gasteiger partial charge in [-0.05, 0) is 20.3 Å². The van der Waals surface area contributed by atoms with Crippen LogP contribution in [0.3, 0.4) is 0 Å². The van der Waals surface area contributed by atoms with Crippen molar-refractivity contribution in [3.05, 3.63) is 30.2 Å². The minimum absolute atomic E-state index is 0.346. The van der Waals surface area contributed by atoms with Crippen LogP contribution >= 0.6 is 19.4 Å². The molecule has 0 unspecified atom stereocenters. The van der Waals surface area contributed by atoms with Crippen molar-refractivity contribution in [3.63, 3.8) is 0 Å². The Morgan fingerprint density at radius 1 is 1.15 bits per heavy atom. The van der Waals surface area contributed by atoms with Gasteiger partial charge in [0.25, 0.3) is 0 Å². The van der Waals surface area contributed by atoms with E-state index in [1.54, 1.807) is 0 Å². The van der Waals surface area contributed by atoms with Crippen LogP contribution in [0.2, 0.25) is 0 Å². The topological polar surface area (TPSA) is 0 Å². The summed E-state index contributed by atoms with van der Waals surface area (Å²) in [7, 11) is 9.71. The van der Waals surface area contributed by atoms with Crippen molar-refractivity contribution < 1.29 is 15.1 Å². The minimum atomic E-state index is -0.346. The van der Waals surface area contributed by atoms with E-state index in [9.17, 15) is 0 Å². The van der Waals surface area contributed by atoms with Gasteiger partial charge in [0.05, 0.1) is 0 Å². The molecule has 0 bridgehead atoms. The Balaban J connectivity index is 0. The first-order chi connectivity index (χ1) is 6.04. The van der Waals surface area contributed by atoms with Crippen LogP contribution in [0.25, 0.3) is 0 Å². The normalized spacial score (nSPS) is 10.4. The molecule has 0 spiro atoms. The first kappa shape index (κ1) is 16.0. The molecule has 0 rings (SSSR count). The van der Waals surface area contributed by atoms with Gasteiger partial charge >= 0.3 is 34.5 Å². The standard InChI is InChI=1S/C10H17.2ClH.Ru/c1-9(2)7-5-6-8-10(3)4;;;/h7-8H,1,5-6H2,2-4H3;2*1H;/q-1;;;+2/p-2. The summed E-state index contributed by atoms with van der Waals surface area (Å²) in [5, 5.41) is 0. The quantitative estimate of drug-likeness (QED) is 0.301. The van der Waals surface area contributed by atoms with E-state index >= 15 is 0 Å². The summed E-state index contributed by atoms with van der Waals surface area (Å²) in [6, 6.07) is 0. The second-order valence-corrected chi connectivity index (χ2v) is 5.60. The van der Waals surface area contributed by atoms with Crippen LogP contribution in [0.5, 0.6) is 0 Å². The number of hydrogen-bond donors (Lipinski definition) is 0. The predicted molar refractivity (Wildman–Crippen MR) is 59.5 cm³/mol. The summed E-state index contributed by atoms with van der Waals surface area (Å²) in [4.78, 5) is 0. The first-order valence-electron chi connectivity index (χ1n) is 4.01. The fraction of sp³-hybridized carbons (Fsp3) is 0.500. The van der Waals surface area contributed by atoms with E-state index in [0.29, 0.717) is 0 Å². The molecule has 0 aliphatic rings. The molecule has 0 saturated carbocycles. The monoisotopic (exact) mass is 309 g/mol. The van der Waals surface area contributed by atoms with E-state index in [2.05, 4.69) is 32.9 Å². The Morgan fingerprint density at radius 3 is 1.85 bits per heavy atom. The molecule has 0 fully saturated rings. The number of halogens is 2. The van der Waals surface area contributed by atoms with Crippen LogP contribution in [0.15, 0.2) is 23.3 Å². The molecule has 80 valence electrons. The molecule has 0 aromatic heterocycles. The maximum atomic E-state index is 4.85. The molecular weight excluding hydrogens is 292 g/mol. The van der Waals surface area contributed by atoms with Crippen LogP contribution in [0.1, 0.15) is 33.6 Å². The summed E-state index contributed by atoms with van der Waals surface area (Å²) in [6.45, 7) is 10.1. The average Bonchev–Trinajstić information content (AvgIpc) is 1.99. The fourth-order valence-corrected chi connectivity index (χ4v) is 0.702. The molecule has 3 heteroatoms. The van der Waals surface area contributed by atoms with Gasteiger partial charge in [0.15, 0.2) is 0 Å². The van der Waals surface area contributed by atoms with Crippen LogP contribution in [-0.4, -0.2) is 0 Å². The van der Waals surface area contributed by atoms with Gasteiger partial charge in [0.1, 0.15) is 0 Å². The summed E-state index contributed by atoms with van der Waals surface area (Å²) in [6.07, 6.45) is 6.69. The van der Waals surface area contributed by atoms with Gasteiger partial charge < -0.3 is 0 Å². The number of unbranched alkanes of at least 4 members (excludes halogenated alkanes) is 1. The average molecular weight is 309 g/mol. The molecule has 0 nitrogen and oxygen atoms in total. The van der Waals surface area contributed by atoms with Gasteiger partial charge in [0.2, 0.25) is 0 Å². The van der Waals surface area contributed by atoms with Crippen molar-refractivity contribution in [2.45, 2.75) is 33.6 Å². The van der Waals surface area contributed by atoms with Crippen LogP contribution in [-0.2, 0) is 15.1 Å². The molecule has 0 amide bonds. The Hall–Kier alpha value is 0.553.